The fraction of sp³-hybridized carbons (Fsp3) is 0.500. The summed E-state index contributed by atoms with van der Waals surface area (Å²) in [6, 6.07) is 0. The van der Waals surface area contributed by atoms with E-state index in [1.807, 2.05) is 0 Å². The van der Waals surface area contributed by atoms with Crippen LogP contribution in [0.2, 0.25) is 0 Å². The number of hydrogen-bond donors (Lipinski definition) is 0. The normalized spacial score (nSPS) is 11.1. The smallest absolute Gasteiger partial charge is 0.202 e. The number of aryl methyl sites for hydroxylation is 1. The fourth-order valence-corrected chi connectivity index (χ4v) is 1.74. The van der Waals surface area contributed by atoms with Crippen LogP contribution in [0.1, 0.15) is 32.0 Å². The second kappa shape index (κ2) is 4.70. The Morgan fingerprint density at radius 3 is 3.13 bits per heavy atom. The molecule has 4 nitrogen and oxygen atoms in total. The van der Waals surface area contributed by atoms with Crippen LogP contribution in [0.3, 0.4) is 0 Å². The molecule has 0 aromatic carbocycles. The first-order chi connectivity index (χ1) is 7.31. The highest BCUT2D eigenvalue weighted by atomic mass is 79.9. The Morgan fingerprint density at radius 2 is 2.33 bits per heavy atom. The van der Waals surface area contributed by atoms with E-state index in [1.54, 1.807) is 10.7 Å². The number of nitrogens with zero attached hydrogens (tertiary/aromatic N) is 4. The minimum Gasteiger partial charge on any atom is -0.212 e. The van der Waals surface area contributed by atoms with Crippen molar-refractivity contribution in [3.05, 3.63) is 22.8 Å². The second-order valence-electron chi connectivity index (χ2n) is 3.42. The van der Waals surface area contributed by atoms with Gasteiger partial charge in [-0.2, -0.15) is 9.61 Å². The van der Waals surface area contributed by atoms with Gasteiger partial charge in [-0.05, 0) is 22.4 Å². The summed E-state index contributed by atoms with van der Waals surface area (Å²) in [4.78, 5) is 8.55. The highest BCUT2D eigenvalue weighted by Gasteiger charge is 2.05. The lowest BCUT2D eigenvalue weighted by Gasteiger charge is -1.98. The summed E-state index contributed by atoms with van der Waals surface area (Å²) in [6.45, 7) is 2.18. The first-order valence-electron chi connectivity index (χ1n) is 5.09. The third-order valence-electron chi connectivity index (χ3n) is 2.21. The van der Waals surface area contributed by atoms with Crippen LogP contribution in [0.5, 0.6) is 0 Å². The summed E-state index contributed by atoms with van der Waals surface area (Å²) in [5, 5.41) is 4.05. The average molecular weight is 268 g/mol. The van der Waals surface area contributed by atoms with E-state index >= 15 is 0 Å². The summed E-state index contributed by atoms with van der Waals surface area (Å²) in [6.07, 6.45) is 9.01. The molecule has 15 heavy (non-hydrogen) atoms. The molecule has 5 heteroatoms. The first-order valence-corrected chi connectivity index (χ1v) is 5.88. The highest BCUT2D eigenvalue weighted by Crippen LogP contribution is 2.14. The molecule has 2 aromatic heterocycles. The van der Waals surface area contributed by atoms with Crippen LogP contribution < -0.4 is 0 Å². The summed E-state index contributed by atoms with van der Waals surface area (Å²) < 4.78 is 2.44. The van der Waals surface area contributed by atoms with Crippen molar-refractivity contribution in [2.45, 2.75) is 32.6 Å². The Hall–Kier alpha value is -0.970. The SMILES string of the molecule is CCCCCc1n[c]n2ncc(Br)c2n1. The molecule has 0 unspecified atom stereocenters. The van der Waals surface area contributed by atoms with Crippen LogP contribution in [0.15, 0.2) is 10.7 Å². The molecular weight excluding hydrogens is 256 g/mol. The van der Waals surface area contributed by atoms with E-state index in [4.69, 9.17) is 0 Å². The standard InChI is InChI=1S/C10H12BrN4/c1-2-3-4-5-9-12-7-15-10(14-9)8(11)6-13-15/h6H,2-5H2,1H3. The molecule has 2 rings (SSSR count). The van der Waals surface area contributed by atoms with Crippen LogP contribution >= 0.6 is 15.9 Å². The Labute approximate surface area is 96.9 Å². The van der Waals surface area contributed by atoms with Gasteiger partial charge in [0, 0.05) is 6.42 Å². The van der Waals surface area contributed by atoms with Crippen LogP contribution in [0, 0.1) is 6.33 Å². The van der Waals surface area contributed by atoms with Crippen LogP contribution in [0.25, 0.3) is 5.65 Å². The lowest BCUT2D eigenvalue weighted by Crippen LogP contribution is -2.00. The van der Waals surface area contributed by atoms with Gasteiger partial charge in [-0.1, -0.05) is 19.8 Å². The molecule has 79 valence electrons. The average Bonchev–Trinajstić information content (AvgIpc) is 2.61. The maximum absolute atomic E-state index is 4.42. The van der Waals surface area contributed by atoms with Crippen molar-refractivity contribution < 1.29 is 0 Å². The van der Waals surface area contributed by atoms with Crippen molar-refractivity contribution in [1.82, 2.24) is 19.6 Å². The van der Waals surface area contributed by atoms with Gasteiger partial charge in [-0.15, -0.1) is 0 Å². The van der Waals surface area contributed by atoms with E-state index in [2.05, 4.69) is 44.2 Å². The van der Waals surface area contributed by atoms with Gasteiger partial charge >= 0.3 is 0 Å². The number of unbranched alkanes of at least 4 members (excludes halogenated alkanes) is 2. The molecule has 0 atom stereocenters. The number of fused-ring (bicyclic) bond motifs is 1. The Morgan fingerprint density at radius 1 is 1.47 bits per heavy atom. The van der Waals surface area contributed by atoms with E-state index < -0.39 is 0 Å². The van der Waals surface area contributed by atoms with Crippen LogP contribution in [0.4, 0.5) is 0 Å². The topological polar surface area (TPSA) is 43.1 Å². The van der Waals surface area contributed by atoms with E-state index in [9.17, 15) is 0 Å². The van der Waals surface area contributed by atoms with Gasteiger partial charge in [0.15, 0.2) is 5.65 Å². The molecular formula is C10H12BrN4. The molecule has 0 spiro atoms. The van der Waals surface area contributed by atoms with E-state index in [0.717, 1.165) is 28.8 Å². The molecule has 0 aliphatic rings. The fourth-order valence-electron chi connectivity index (χ4n) is 1.39. The van der Waals surface area contributed by atoms with Crippen molar-refractivity contribution in [1.29, 1.82) is 0 Å². The quantitative estimate of drug-likeness (QED) is 0.800. The molecule has 0 saturated carbocycles. The molecule has 0 N–H and O–H groups in total. The van der Waals surface area contributed by atoms with E-state index in [0.29, 0.717) is 0 Å². The van der Waals surface area contributed by atoms with Gasteiger partial charge in [-0.3, -0.25) is 0 Å². The molecule has 0 bridgehead atoms. The van der Waals surface area contributed by atoms with Crippen LogP contribution in [-0.2, 0) is 6.42 Å². The first kappa shape index (κ1) is 10.5. The minimum absolute atomic E-state index is 0.788. The van der Waals surface area contributed by atoms with Crippen LogP contribution in [-0.4, -0.2) is 19.6 Å². The Kier molecular flexibility index (Phi) is 3.30. The zero-order valence-electron chi connectivity index (χ0n) is 8.57. The summed E-state index contributed by atoms with van der Waals surface area (Å²) >= 11 is 3.39. The second-order valence-corrected chi connectivity index (χ2v) is 4.28. The lowest BCUT2D eigenvalue weighted by molar-refractivity contribution is 0.686. The predicted octanol–water partition coefficient (Wildman–Crippen LogP) is 2.42. The molecule has 0 amide bonds. The maximum atomic E-state index is 4.42. The van der Waals surface area contributed by atoms with E-state index in [1.165, 1.54) is 12.8 Å². The maximum Gasteiger partial charge on any atom is 0.202 e. The van der Waals surface area contributed by atoms with Crippen molar-refractivity contribution in [2.75, 3.05) is 0 Å². The summed E-state index contributed by atoms with van der Waals surface area (Å²) in [5.74, 6) is 0.845. The third kappa shape index (κ3) is 2.34. The van der Waals surface area contributed by atoms with Crippen molar-refractivity contribution in [3.63, 3.8) is 0 Å². The van der Waals surface area contributed by atoms with Gasteiger partial charge in [0.1, 0.15) is 5.82 Å². The molecule has 0 aliphatic carbocycles. The predicted molar refractivity (Wildman–Crippen MR) is 60.5 cm³/mol. The monoisotopic (exact) mass is 267 g/mol. The number of rotatable bonds is 4. The number of aromatic nitrogens is 4. The largest absolute Gasteiger partial charge is 0.212 e. The van der Waals surface area contributed by atoms with Gasteiger partial charge in [0.05, 0.1) is 10.7 Å². The van der Waals surface area contributed by atoms with Crippen molar-refractivity contribution >= 4 is 21.6 Å². The highest BCUT2D eigenvalue weighted by molar-refractivity contribution is 9.10. The van der Waals surface area contributed by atoms with Crippen molar-refractivity contribution in [2.24, 2.45) is 0 Å². The number of halogens is 1. The van der Waals surface area contributed by atoms with Gasteiger partial charge in [-0.25, -0.2) is 9.97 Å². The molecule has 0 fully saturated rings. The molecule has 0 saturated heterocycles. The zero-order chi connectivity index (χ0) is 10.7. The van der Waals surface area contributed by atoms with Gasteiger partial charge < -0.3 is 0 Å². The van der Waals surface area contributed by atoms with Gasteiger partial charge in [0.2, 0.25) is 6.33 Å². The Balaban J connectivity index is 2.18. The summed E-state index contributed by atoms with van der Waals surface area (Å²) in [5.41, 5.74) is 0.788. The molecule has 0 aliphatic heterocycles. The lowest BCUT2D eigenvalue weighted by atomic mass is 10.2. The third-order valence-corrected chi connectivity index (χ3v) is 2.77. The molecule has 2 aromatic rings. The van der Waals surface area contributed by atoms with Crippen molar-refractivity contribution in [3.8, 4) is 0 Å². The Bertz CT molecular complexity index is 452. The zero-order valence-corrected chi connectivity index (χ0v) is 10.2. The molecule has 1 radical (unpaired) electrons. The van der Waals surface area contributed by atoms with Gasteiger partial charge in [0.25, 0.3) is 0 Å². The summed E-state index contributed by atoms with van der Waals surface area (Å²) in [7, 11) is 0. The molecule has 2 heterocycles. The number of hydrogen-bond acceptors (Lipinski definition) is 3. The van der Waals surface area contributed by atoms with E-state index in [-0.39, 0.29) is 0 Å². The minimum atomic E-state index is 0.788.